The normalized spacial score (nSPS) is 23.4. The molecule has 0 amide bonds. The van der Waals surface area contributed by atoms with Crippen molar-refractivity contribution in [3.8, 4) is 0 Å². The van der Waals surface area contributed by atoms with Crippen LogP contribution in [0.4, 0.5) is 0 Å². The van der Waals surface area contributed by atoms with Gasteiger partial charge < -0.3 is 5.32 Å². The average molecular weight is 407 g/mol. The summed E-state index contributed by atoms with van der Waals surface area (Å²) in [5.41, 5.74) is 2.92. The number of hydrogen-bond acceptors (Lipinski definition) is 2. The van der Waals surface area contributed by atoms with Crippen LogP contribution < -0.4 is 5.32 Å². The van der Waals surface area contributed by atoms with Gasteiger partial charge >= 0.3 is 0 Å². The Balaban J connectivity index is 0.00000131. The first-order chi connectivity index (χ1) is 12.4. The molecular weight excluding hydrogens is 375 g/mol. The standard InChI is InChI=1S/C23H30N2.2ClH/c1-4-10-19(11-5-1)16-25-17-22(20-12-6-2-7-13-20)23(18-25)24-21-14-8-3-9-15-21;;/h1-2,4-7,10-13,21-24H,3,8-9,14-18H2;2*1H/t22-,23-;;/m0../s1. The van der Waals surface area contributed by atoms with Crippen LogP contribution in [0.15, 0.2) is 60.7 Å². The number of rotatable bonds is 5. The highest BCUT2D eigenvalue weighted by molar-refractivity contribution is 5.85. The van der Waals surface area contributed by atoms with Gasteiger partial charge in [0, 0.05) is 37.6 Å². The van der Waals surface area contributed by atoms with E-state index in [1.54, 1.807) is 0 Å². The Hall–Kier alpha value is -1.06. The van der Waals surface area contributed by atoms with Crippen LogP contribution in [0.3, 0.4) is 0 Å². The molecule has 0 unspecified atom stereocenters. The van der Waals surface area contributed by atoms with Gasteiger partial charge in [-0.2, -0.15) is 0 Å². The summed E-state index contributed by atoms with van der Waals surface area (Å²) in [6.07, 6.45) is 6.93. The Morgan fingerprint density at radius 2 is 1.41 bits per heavy atom. The molecule has 2 atom stereocenters. The number of likely N-dealkylation sites (tertiary alicyclic amines) is 1. The van der Waals surface area contributed by atoms with Crippen LogP contribution in [0.25, 0.3) is 0 Å². The van der Waals surface area contributed by atoms with Crippen molar-refractivity contribution in [2.75, 3.05) is 13.1 Å². The molecule has 0 bridgehead atoms. The van der Waals surface area contributed by atoms with Crippen LogP contribution in [-0.4, -0.2) is 30.1 Å². The number of hydrogen-bond donors (Lipinski definition) is 1. The van der Waals surface area contributed by atoms with Gasteiger partial charge in [0.1, 0.15) is 0 Å². The largest absolute Gasteiger partial charge is 0.309 e. The molecule has 0 aromatic heterocycles. The molecule has 1 aliphatic carbocycles. The van der Waals surface area contributed by atoms with Crippen molar-refractivity contribution in [3.05, 3.63) is 71.8 Å². The number of nitrogens with zero attached hydrogens (tertiary/aromatic N) is 1. The molecule has 27 heavy (non-hydrogen) atoms. The van der Waals surface area contributed by atoms with Gasteiger partial charge in [0.15, 0.2) is 0 Å². The second kappa shape index (κ2) is 11.1. The molecule has 1 N–H and O–H groups in total. The number of halogens is 2. The Labute approximate surface area is 176 Å². The second-order valence-corrected chi connectivity index (χ2v) is 7.80. The maximum absolute atomic E-state index is 4.04. The second-order valence-electron chi connectivity index (χ2n) is 7.80. The Morgan fingerprint density at radius 3 is 2.07 bits per heavy atom. The number of nitrogens with one attached hydrogen (secondary N) is 1. The first kappa shape index (κ1) is 22.2. The monoisotopic (exact) mass is 406 g/mol. The van der Waals surface area contributed by atoms with E-state index < -0.39 is 0 Å². The van der Waals surface area contributed by atoms with Gasteiger partial charge in [-0.05, 0) is 24.0 Å². The summed E-state index contributed by atoms with van der Waals surface area (Å²) in [5.74, 6) is 0.604. The van der Waals surface area contributed by atoms with Crippen molar-refractivity contribution in [2.24, 2.45) is 0 Å². The van der Waals surface area contributed by atoms with E-state index in [0.29, 0.717) is 12.0 Å². The third-order valence-corrected chi connectivity index (χ3v) is 5.93. The zero-order valence-electron chi connectivity index (χ0n) is 15.9. The Kier molecular flexibility index (Phi) is 9.11. The van der Waals surface area contributed by atoms with Crippen molar-refractivity contribution in [2.45, 2.75) is 56.7 Å². The Morgan fingerprint density at radius 1 is 0.778 bits per heavy atom. The van der Waals surface area contributed by atoms with E-state index in [4.69, 9.17) is 0 Å². The molecule has 2 aromatic rings. The zero-order chi connectivity index (χ0) is 16.9. The topological polar surface area (TPSA) is 15.3 Å². The van der Waals surface area contributed by atoms with E-state index in [-0.39, 0.29) is 24.8 Å². The van der Waals surface area contributed by atoms with Gasteiger partial charge in [0.05, 0.1) is 0 Å². The molecule has 2 aromatic carbocycles. The molecule has 1 saturated carbocycles. The van der Waals surface area contributed by atoms with Gasteiger partial charge in [0.25, 0.3) is 0 Å². The molecule has 2 aliphatic rings. The fraction of sp³-hybridized carbons (Fsp3) is 0.478. The van der Waals surface area contributed by atoms with E-state index in [2.05, 4.69) is 70.9 Å². The van der Waals surface area contributed by atoms with Crippen LogP contribution in [0.2, 0.25) is 0 Å². The van der Waals surface area contributed by atoms with Crippen LogP contribution in [0, 0.1) is 0 Å². The highest BCUT2D eigenvalue weighted by Gasteiger charge is 2.34. The van der Waals surface area contributed by atoms with E-state index >= 15 is 0 Å². The fourth-order valence-electron chi connectivity index (χ4n) is 4.63. The lowest BCUT2D eigenvalue weighted by Gasteiger charge is -2.29. The van der Waals surface area contributed by atoms with E-state index in [9.17, 15) is 0 Å². The smallest absolute Gasteiger partial charge is 0.0278 e. The van der Waals surface area contributed by atoms with Crippen molar-refractivity contribution in [1.82, 2.24) is 10.2 Å². The SMILES string of the molecule is Cl.Cl.c1ccc(CN2C[C@H](NC3CCCCC3)[C@H](c3ccccc3)C2)cc1. The molecular formula is C23H32Cl2N2. The van der Waals surface area contributed by atoms with Gasteiger partial charge in [-0.1, -0.05) is 79.9 Å². The predicted octanol–water partition coefficient (Wildman–Crippen LogP) is 5.42. The molecule has 1 saturated heterocycles. The minimum atomic E-state index is 0. The summed E-state index contributed by atoms with van der Waals surface area (Å²) in [4.78, 5) is 2.63. The molecule has 4 rings (SSSR count). The van der Waals surface area contributed by atoms with E-state index in [0.717, 1.165) is 25.7 Å². The third-order valence-electron chi connectivity index (χ3n) is 5.93. The molecule has 2 fully saturated rings. The minimum Gasteiger partial charge on any atom is -0.309 e. The maximum atomic E-state index is 4.04. The molecule has 2 nitrogen and oxygen atoms in total. The third kappa shape index (κ3) is 5.96. The van der Waals surface area contributed by atoms with E-state index in [1.807, 2.05) is 0 Å². The van der Waals surface area contributed by atoms with Crippen molar-refractivity contribution >= 4 is 24.8 Å². The molecule has 1 heterocycles. The molecule has 1 aliphatic heterocycles. The molecule has 4 heteroatoms. The van der Waals surface area contributed by atoms with Crippen LogP contribution in [-0.2, 0) is 6.54 Å². The molecule has 0 spiro atoms. The van der Waals surface area contributed by atoms with Gasteiger partial charge in [-0.3, -0.25) is 4.90 Å². The maximum Gasteiger partial charge on any atom is 0.0278 e. The van der Waals surface area contributed by atoms with Crippen LogP contribution in [0.1, 0.15) is 49.1 Å². The van der Waals surface area contributed by atoms with Crippen molar-refractivity contribution in [1.29, 1.82) is 0 Å². The quantitative estimate of drug-likeness (QED) is 0.712. The van der Waals surface area contributed by atoms with Crippen LogP contribution in [0.5, 0.6) is 0 Å². The molecule has 148 valence electrons. The first-order valence-electron chi connectivity index (χ1n) is 9.96. The van der Waals surface area contributed by atoms with Gasteiger partial charge in [-0.15, -0.1) is 24.8 Å². The van der Waals surface area contributed by atoms with Gasteiger partial charge in [-0.25, -0.2) is 0 Å². The summed E-state index contributed by atoms with van der Waals surface area (Å²) in [6.45, 7) is 3.38. The fourth-order valence-corrected chi connectivity index (χ4v) is 4.63. The van der Waals surface area contributed by atoms with Crippen molar-refractivity contribution in [3.63, 3.8) is 0 Å². The van der Waals surface area contributed by atoms with Crippen LogP contribution >= 0.6 is 24.8 Å². The molecule has 0 radical (unpaired) electrons. The lowest BCUT2D eigenvalue weighted by Crippen LogP contribution is -2.43. The van der Waals surface area contributed by atoms with Gasteiger partial charge in [0.2, 0.25) is 0 Å². The lowest BCUT2D eigenvalue weighted by molar-refractivity contribution is 0.298. The van der Waals surface area contributed by atoms with E-state index in [1.165, 1.54) is 43.2 Å². The first-order valence-corrected chi connectivity index (χ1v) is 9.96. The summed E-state index contributed by atoms with van der Waals surface area (Å²) < 4.78 is 0. The Bertz CT molecular complexity index is 644. The summed E-state index contributed by atoms with van der Waals surface area (Å²) >= 11 is 0. The minimum absolute atomic E-state index is 0. The summed E-state index contributed by atoms with van der Waals surface area (Å²) in [5, 5.41) is 4.04. The highest BCUT2D eigenvalue weighted by Crippen LogP contribution is 2.30. The average Bonchev–Trinajstić information content (AvgIpc) is 3.06. The lowest BCUT2D eigenvalue weighted by atomic mass is 9.90. The highest BCUT2D eigenvalue weighted by atomic mass is 35.5. The summed E-state index contributed by atoms with van der Waals surface area (Å²) in [6, 6.07) is 23.3. The zero-order valence-corrected chi connectivity index (χ0v) is 17.6. The predicted molar refractivity (Wildman–Crippen MR) is 119 cm³/mol. The number of benzene rings is 2. The summed E-state index contributed by atoms with van der Waals surface area (Å²) in [7, 11) is 0. The van der Waals surface area contributed by atoms with Crippen molar-refractivity contribution < 1.29 is 0 Å².